The molecule has 1 atom stereocenters. The van der Waals surface area contributed by atoms with Crippen molar-refractivity contribution in [3.8, 4) is 5.75 Å². The van der Waals surface area contributed by atoms with Crippen LogP contribution in [-0.2, 0) is 11.2 Å². The summed E-state index contributed by atoms with van der Waals surface area (Å²) in [5.74, 6) is 0.696. The van der Waals surface area contributed by atoms with Crippen molar-refractivity contribution in [1.29, 1.82) is 0 Å². The van der Waals surface area contributed by atoms with Crippen molar-refractivity contribution in [2.75, 3.05) is 5.32 Å². The summed E-state index contributed by atoms with van der Waals surface area (Å²) in [6.07, 6.45) is 0.161. The normalized spacial score (nSPS) is 16.3. The van der Waals surface area contributed by atoms with Gasteiger partial charge in [0.2, 0.25) is 0 Å². The van der Waals surface area contributed by atoms with Crippen molar-refractivity contribution in [2.24, 2.45) is 0 Å². The molecule has 1 unspecified atom stereocenters. The van der Waals surface area contributed by atoms with Gasteiger partial charge in [0.05, 0.1) is 0 Å². The summed E-state index contributed by atoms with van der Waals surface area (Å²) in [7, 11) is 0. The molecule has 4 heteroatoms. The van der Waals surface area contributed by atoms with Crippen LogP contribution in [0.4, 0.5) is 5.69 Å². The van der Waals surface area contributed by atoms with Crippen LogP contribution in [0.3, 0.4) is 0 Å². The highest BCUT2D eigenvalue weighted by Crippen LogP contribution is 2.29. The molecule has 4 rings (SSSR count). The number of H-pyrrole nitrogens is 1. The molecule has 1 aliphatic rings. The Kier molecular flexibility index (Phi) is 2.89. The highest BCUT2D eigenvalue weighted by Gasteiger charge is 2.28. The van der Waals surface area contributed by atoms with Gasteiger partial charge in [0.15, 0.2) is 6.10 Å². The minimum absolute atomic E-state index is 0.109. The number of aryl methyl sites for hydroxylation is 1. The number of aromatic nitrogens is 1. The van der Waals surface area contributed by atoms with Gasteiger partial charge in [-0.25, -0.2) is 0 Å². The van der Waals surface area contributed by atoms with E-state index in [4.69, 9.17) is 4.74 Å². The number of anilines is 1. The van der Waals surface area contributed by atoms with Crippen molar-refractivity contribution in [1.82, 2.24) is 4.98 Å². The molecular weight excluding hydrogens is 276 g/mol. The molecule has 22 heavy (non-hydrogen) atoms. The van der Waals surface area contributed by atoms with Gasteiger partial charge in [-0.1, -0.05) is 18.2 Å². The zero-order valence-corrected chi connectivity index (χ0v) is 12.2. The van der Waals surface area contributed by atoms with Crippen LogP contribution in [-0.4, -0.2) is 17.0 Å². The molecule has 0 radical (unpaired) electrons. The summed E-state index contributed by atoms with van der Waals surface area (Å²) >= 11 is 0. The molecule has 0 fully saturated rings. The zero-order chi connectivity index (χ0) is 15.1. The zero-order valence-electron chi connectivity index (χ0n) is 12.2. The number of benzene rings is 2. The van der Waals surface area contributed by atoms with Crippen molar-refractivity contribution in [3.63, 3.8) is 0 Å². The van der Waals surface area contributed by atoms with Gasteiger partial charge in [0.25, 0.3) is 5.91 Å². The second-order valence-corrected chi connectivity index (χ2v) is 5.66. The van der Waals surface area contributed by atoms with E-state index < -0.39 is 6.10 Å². The van der Waals surface area contributed by atoms with Crippen molar-refractivity contribution < 1.29 is 9.53 Å². The summed E-state index contributed by atoms with van der Waals surface area (Å²) in [6.45, 7) is 2.02. The standard InChI is InChI=1S/C18H16N2O2/c1-11-8-13-9-14(6-7-15(13)19-11)20-18(21)17-10-12-4-2-3-5-16(12)22-17/h2-9,17,19H,10H2,1H3,(H,20,21). The summed E-state index contributed by atoms with van der Waals surface area (Å²) < 4.78 is 5.71. The Morgan fingerprint density at radius 1 is 1.23 bits per heavy atom. The first-order valence-electron chi connectivity index (χ1n) is 7.34. The van der Waals surface area contributed by atoms with E-state index in [0.29, 0.717) is 6.42 Å². The average Bonchev–Trinajstić information content (AvgIpc) is 3.08. The Morgan fingerprint density at radius 2 is 2.09 bits per heavy atom. The van der Waals surface area contributed by atoms with E-state index in [1.165, 1.54) is 0 Å². The van der Waals surface area contributed by atoms with Crippen LogP contribution in [0.2, 0.25) is 0 Å². The average molecular weight is 292 g/mol. The summed E-state index contributed by atoms with van der Waals surface area (Å²) in [4.78, 5) is 15.6. The molecule has 2 N–H and O–H groups in total. The maximum Gasteiger partial charge on any atom is 0.265 e. The van der Waals surface area contributed by atoms with Gasteiger partial charge in [0.1, 0.15) is 5.75 Å². The van der Waals surface area contributed by atoms with Crippen LogP contribution in [0.5, 0.6) is 5.75 Å². The van der Waals surface area contributed by atoms with Crippen LogP contribution in [0, 0.1) is 6.92 Å². The monoisotopic (exact) mass is 292 g/mol. The topological polar surface area (TPSA) is 54.1 Å². The molecule has 0 bridgehead atoms. The molecule has 0 aliphatic carbocycles. The number of carbonyl (C=O) groups is 1. The molecule has 2 aromatic carbocycles. The van der Waals surface area contributed by atoms with E-state index in [1.807, 2.05) is 49.4 Å². The fraction of sp³-hybridized carbons (Fsp3) is 0.167. The van der Waals surface area contributed by atoms with E-state index in [0.717, 1.165) is 33.6 Å². The number of carbonyl (C=O) groups excluding carboxylic acids is 1. The number of rotatable bonds is 2. The lowest BCUT2D eigenvalue weighted by Gasteiger charge is -2.11. The Labute approximate surface area is 128 Å². The maximum atomic E-state index is 12.4. The lowest BCUT2D eigenvalue weighted by molar-refractivity contribution is -0.122. The molecule has 1 aromatic heterocycles. The molecule has 0 spiro atoms. The fourth-order valence-corrected chi connectivity index (χ4v) is 2.91. The van der Waals surface area contributed by atoms with Crippen LogP contribution in [0.1, 0.15) is 11.3 Å². The molecule has 0 saturated heterocycles. The number of fused-ring (bicyclic) bond motifs is 2. The maximum absolute atomic E-state index is 12.4. The summed E-state index contributed by atoms with van der Waals surface area (Å²) in [6, 6.07) is 15.7. The minimum Gasteiger partial charge on any atom is -0.480 e. The number of amides is 1. The fourth-order valence-electron chi connectivity index (χ4n) is 2.91. The lowest BCUT2D eigenvalue weighted by atomic mass is 10.1. The summed E-state index contributed by atoms with van der Waals surface area (Å²) in [5, 5.41) is 4.03. The molecular formula is C18H16N2O2. The molecule has 110 valence electrons. The first kappa shape index (κ1) is 13.0. The van der Waals surface area contributed by atoms with Gasteiger partial charge < -0.3 is 15.0 Å². The van der Waals surface area contributed by atoms with Crippen LogP contribution in [0.15, 0.2) is 48.5 Å². The summed E-state index contributed by atoms with van der Waals surface area (Å²) in [5.41, 5.74) is 4.04. The van der Waals surface area contributed by atoms with Gasteiger partial charge in [-0.15, -0.1) is 0 Å². The van der Waals surface area contributed by atoms with Gasteiger partial charge >= 0.3 is 0 Å². The second kappa shape index (κ2) is 4.91. The lowest BCUT2D eigenvalue weighted by Crippen LogP contribution is -2.31. The third-order valence-corrected chi connectivity index (χ3v) is 3.96. The number of nitrogens with one attached hydrogen (secondary N) is 2. The molecule has 1 aliphatic heterocycles. The number of para-hydroxylation sites is 1. The van der Waals surface area contributed by atoms with Crippen molar-refractivity contribution >= 4 is 22.5 Å². The molecule has 2 heterocycles. The predicted molar refractivity (Wildman–Crippen MR) is 86.2 cm³/mol. The highest BCUT2D eigenvalue weighted by atomic mass is 16.5. The Morgan fingerprint density at radius 3 is 2.95 bits per heavy atom. The van der Waals surface area contributed by atoms with Gasteiger partial charge in [-0.3, -0.25) is 4.79 Å². The Balaban J connectivity index is 1.52. The van der Waals surface area contributed by atoms with E-state index >= 15 is 0 Å². The van der Waals surface area contributed by atoms with Crippen LogP contribution >= 0.6 is 0 Å². The van der Waals surface area contributed by atoms with Crippen molar-refractivity contribution in [2.45, 2.75) is 19.4 Å². The third-order valence-electron chi connectivity index (χ3n) is 3.96. The smallest absolute Gasteiger partial charge is 0.265 e. The third kappa shape index (κ3) is 2.22. The number of hydrogen-bond acceptors (Lipinski definition) is 2. The van der Waals surface area contributed by atoms with Gasteiger partial charge in [-0.05, 0) is 42.8 Å². The minimum atomic E-state index is -0.457. The molecule has 3 aromatic rings. The number of ether oxygens (including phenoxy) is 1. The van der Waals surface area contributed by atoms with Gasteiger partial charge in [-0.2, -0.15) is 0 Å². The Bertz CT molecular complexity index is 841. The van der Waals surface area contributed by atoms with Crippen LogP contribution in [0.25, 0.3) is 10.9 Å². The predicted octanol–water partition coefficient (Wildman–Crippen LogP) is 3.42. The Hall–Kier alpha value is -2.75. The molecule has 1 amide bonds. The van der Waals surface area contributed by atoms with E-state index in [-0.39, 0.29) is 5.91 Å². The quantitative estimate of drug-likeness (QED) is 0.760. The first-order valence-corrected chi connectivity index (χ1v) is 7.34. The van der Waals surface area contributed by atoms with E-state index in [1.54, 1.807) is 0 Å². The number of hydrogen-bond donors (Lipinski definition) is 2. The first-order chi connectivity index (χ1) is 10.7. The van der Waals surface area contributed by atoms with E-state index in [2.05, 4.69) is 16.4 Å². The highest BCUT2D eigenvalue weighted by molar-refractivity contribution is 5.97. The van der Waals surface area contributed by atoms with Crippen molar-refractivity contribution in [3.05, 3.63) is 59.8 Å². The molecule has 4 nitrogen and oxygen atoms in total. The molecule has 0 saturated carbocycles. The van der Waals surface area contributed by atoms with Gasteiger partial charge in [0, 0.05) is 28.7 Å². The SMILES string of the molecule is Cc1cc2cc(NC(=O)C3Cc4ccccc4O3)ccc2[nH]1. The largest absolute Gasteiger partial charge is 0.480 e. The van der Waals surface area contributed by atoms with E-state index in [9.17, 15) is 4.79 Å². The second-order valence-electron chi connectivity index (χ2n) is 5.66. The van der Waals surface area contributed by atoms with Crippen LogP contribution < -0.4 is 10.1 Å². The number of aromatic amines is 1.